The zero-order chi connectivity index (χ0) is 11.8. The summed E-state index contributed by atoms with van der Waals surface area (Å²) in [6, 6.07) is 5.60. The summed E-state index contributed by atoms with van der Waals surface area (Å²) in [4.78, 5) is 0. The first-order valence-corrected chi connectivity index (χ1v) is 6.30. The second kappa shape index (κ2) is 7.71. The summed E-state index contributed by atoms with van der Waals surface area (Å²) in [7, 11) is 0. The van der Waals surface area contributed by atoms with Gasteiger partial charge in [-0.25, -0.2) is 0 Å². The zero-order valence-corrected chi connectivity index (χ0v) is 11.4. The first-order valence-electron chi connectivity index (χ1n) is 5.13. The minimum absolute atomic E-state index is 0.633. The lowest BCUT2D eigenvalue weighted by Gasteiger charge is -2.08. The lowest BCUT2D eigenvalue weighted by molar-refractivity contribution is 0.309. The van der Waals surface area contributed by atoms with Crippen LogP contribution in [0.5, 0.6) is 5.75 Å². The molecule has 1 aromatic carbocycles. The van der Waals surface area contributed by atoms with Crippen LogP contribution in [-0.2, 0) is 0 Å². The average molecular weight is 305 g/mol. The molecular formula is C12H15BrClNO. The molecule has 0 heterocycles. The van der Waals surface area contributed by atoms with E-state index in [4.69, 9.17) is 16.3 Å². The summed E-state index contributed by atoms with van der Waals surface area (Å²) in [5.41, 5.74) is 0. The van der Waals surface area contributed by atoms with Gasteiger partial charge in [-0.05, 0) is 31.2 Å². The molecule has 16 heavy (non-hydrogen) atoms. The molecule has 4 heteroatoms. The van der Waals surface area contributed by atoms with Gasteiger partial charge >= 0.3 is 0 Å². The predicted octanol–water partition coefficient (Wildman–Crippen LogP) is 3.65. The minimum Gasteiger partial charge on any atom is -0.492 e. The summed E-state index contributed by atoms with van der Waals surface area (Å²) in [5.74, 6) is 0.730. The van der Waals surface area contributed by atoms with Gasteiger partial charge in [-0.2, -0.15) is 0 Å². The molecule has 0 atom stereocenters. The largest absolute Gasteiger partial charge is 0.492 e. The molecule has 0 bridgehead atoms. The molecule has 0 aliphatic rings. The van der Waals surface area contributed by atoms with Crippen molar-refractivity contribution in [1.82, 2.24) is 5.32 Å². The van der Waals surface area contributed by atoms with Crippen molar-refractivity contribution in [3.05, 3.63) is 40.3 Å². The van der Waals surface area contributed by atoms with Crippen LogP contribution >= 0.6 is 27.5 Å². The summed E-state index contributed by atoms with van der Waals surface area (Å²) in [5, 5.41) is 3.84. The van der Waals surface area contributed by atoms with Gasteiger partial charge in [0.15, 0.2) is 0 Å². The molecule has 0 spiro atoms. The monoisotopic (exact) mass is 303 g/mol. The first kappa shape index (κ1) is 13.6. The number of nitrogens with one attached hydrogen (secondary N) is 1. The molecule has 0 aromatic heterocycles. The maximum absolute atomic E-state index is 6.01. The van der Waals surface area contributed by atoms with E-state index in [0.717, 1.165) is 29.7 Å². The highest BCUT2D eigenvalue weighted by Gasteiger charge is 2.01. The van der Waals surface area contributed by atoms with Gasteiger partial charge in [0.05, 0.1) is 11.6 Å². The van der Waals surface area contributed by atoms with E-state index in [1.54, 1.807) is 0 Å². The van der Waals surface area contributed by atoms with E-state index in [-0.39, 0.29) is 0 Å². The first-order chi connectivity index (χ1) is 7.74. The van der Waals surface area contributed by atoms with Gasteiger partial charge in [-0.1, -0.05) is 33.6 Å². The fraction of sp³-hybridized carbons (Fsp3) is 0.333. The predicted molar refractivity (Wildman–Crippen MR) is 72.3 cm³/mol. The highest BCUT2D eigenvalue weighted by Crippen LogP contribution is 2.27. The molecule has 1 rings (SSSR count). The molecule has 0 aliphatic carbocycles. The zero-order valence-electron chi connectivity index (χ0n) is 9.01. The molecule has 0 fully saturated rings. The van der Waals surface area contributed by atoms with Gasteiger partial charge in [-0.15, -0.1) is 6.58 Å². The third-order valence-electron chi connectivity index (χ3n) is 1.94. The SMILES string of the molecule is C=CCNCCCOc1ccc(Br)cc1Cl. The van der Waals surface area contributed by atoms with Crippen molar-refractivity contribution in [3.63, 3.8) is 0 Å². The molecule has 0 radical (unpaired) electrons. The van der Waals surface area contributed by atoms with Crippen LogP contribution in [-0.4, -0.2) is 19.7 Å². The van der Waals surface area contributed by atoms with Crippen molar-refractivity contribution in [1.29, 1.82) is 0 Å². The summed E-state index contributed by atoms with van der Waals surface area (Å²) < 4.78 is 6.51. The van der Waals surface area contributed by atoms with E-state index >= 15 is 0 Å². The van der Waals surface area contributed by atoms with E-state index in [9.17, 15) is 0 Å². The molecule has 2 nitrogen and oxygen atoms in total. The van der Waals surface area contributed by atoms with Crippen LogP contribution in [0.25, 0.3) is 0 Å². The molecule has 0 unspecified atom stereocenters. The van der Waals surface area contributed by atoms with Crippen LogP contribution in [0.3, 0.4) is 0 Å². The topological polar surface area (TPSA) is 21.3 Å². The number of halogens is 2. The van der Waals surface area contributed by atoms with Crippen molar-refractivity contribution in [3.8, 4) is 5.75 Å². The van der Waals surface area contributed by atoms with Crippen molar-refractivity contribution >= 4 is 27.5 Å². The lowest BCUT2D eigenvalue weighted by atomic mass is 10.3. The molecule has 0 aliphatic heterocycles. The minimum atomic E-state index is 0.633. The Kier molecular flexibility index (Phi) is 6.53. The van der Waals surface area contributed by atoms with Crippen molar-refractivity contribution in [2.45, 2.75) is 6.42 Å². The van der Waals surface area contributed by atoms with Gasteiger partial charge in [-0.3, -0.25) is 0 Å². The Hall–Kier alpha value is -0.510. The van der Waals surface area contributed by atoms with Crippen molar-refractivity contribution in [2.75, 3.05) is 19.7 Å². The Bertz CT molecular complexity index is 344. The van der Waals surface area contributed by atoms with Gasteiger partial charge in [0.25, 0.3) is 0 Å². The number of rotatable bonds is 7. The second-order valence-electron chi connectivity index (χ2n) is 3.27. The van der Waals surface area contributed by atoms with Crippen molar-refractivity contribution < 1.29 is 4.74 Å². The van der Waals surface area contributed by atoms with Gasteiger partial charge in [0.2, 0.25) is 0 Å². The smallest absolute Gasteiger partial charge is 0.137 e. The third kappa shape index (κ3) is 5.01. The number of ether oxygens (including phenoxy) is 1. The normalized spacial score (nSPS) is 10.1. The highest BCUT2D eigenvalue weighted by molar-refractivity contribution is 9.10. The second-order valence-corrected chi connectivity index (χ2v) is 4.59. The molecule has 0 saturated carbocycles. The average Bonchev–Trinajstić information content (AvgIpc) is 2.26. The fourth-order valence-corrected chi connectivity index (χ4v) is 1.90. The molecule has 0 amide bonds. The molecule has 1 N–H and O–H groups in total. The van der Waals surface area contributed by atoms with E-state index in [2.05, 4.69) is 27.8 Å². The Morgan fingerprint density at radius 2 is 2.31 bits per heavy atom. The standard InChI is InChI=1S/C12H15BrClNO/c1-2-6-15-7-3-8-16-12-5-4-10(13)9-11(12)14/h2,4-5,9,15H,1,3,6-8H2. The van der Waals surface area contributed by atoms with Crippen LogP contribution in [0, 0.1) is 0 Å². The summed E-state index contributed by atoms with van der Waals surface area (Å²) >= 11 is 9.36. The van der Waals surface area contributed by atoms with Crippen LogP contribution < -0.4 is 10.1 Å². The Labute approximate surface area is 110 Å². The van der Waals surface area contributed by atoms with Crippen LogP contribution in [0.15, 0.2) is 35.3 Å². The maximum Gasteiger partial charge on any atom is 0.137 e. The molecular weight excluding hydrogens is 289 g/mol. The quantitative estimate of drug-likeness (QED) is 0.613. The summed E-state index contributed by atoms with van der Waals surface area (Å²) in [6.07, 6.45) is 2.78. The molecule has 1 aromatic rings. The van der Waals surface area contributed by atoms with E-state index in [0.29, 0.717) is 11.6 Å². The Morgan fingerprint density at radius 3 is 3.00 bits per heavy atom. The molecule has 0 saturated heterocycles. The summed E-state index contributed by atoms with van der Waals surface area (Å²) in [6.45, 7) is 6.04. The van der Waals surface area contributed by atoms with Gasteiger partial charge in [0, 0.05) is 11.0 Å². The number of hydrogen-bond donors (Lipinski definition) is 1. The van der Waals surface area contributed by atoms with E-state index in [1.165, 1.54) is 0 Å². The Balaban J connectivity index is 2.24. The number of benzene rings is 1. The van der Waals surface area contributed by atoms with Gasteiger partial charge < -0.3 is 10.1 Å². The third-order valence-corrected chi connectivity index (χ3v) is 2.73. The fourth-order valence-electron chi connectivity index (χ4n) is 1.18. The maximum atomic E-state index is 6.01. The van der Waals surface area contributed by atoms with Gasteiger partial charge in [0.1, 0.15) is 5.75 Å². The molecule has 88 valence electrons. The van der Waals surface area contributed by atoms with E-state index in [1.807, 2.05) is 24.3 Å². The van der Waals surface area contributed by atoms with Crippen molar-refractivity contribution in [2.24, 2.45) is 0 Å². The highest BCUT2D eigenvalue weighted by atomic mass is 79.9. The number of hydrogen-bond acceptors (Lipinski definition) is 2. The van der Waals surface area contributed by atoms with Crippen LogP contribution in [0.2, 0.25) is 5.02 Å². The Morgan fingerprint density at radius 1 is 1.50 bits per heavy atom. The van der Waals surface area contributed by atoms with E-state index < -0.39 is 0 Å². The van der Waals surface area contributed by atoms with Crippen LogP contribution in [0.4, 0.5) is 0 Å². The van der Waals surface area contributed by atoms with Crippen LogP contribution in [0.1, 0.15) is 6.42 Å². The lowest BCUT2D eigenvalue weighted by Crippen LogP contribution is -2.17.